The molecule has 0 saturated carbocycles. The molecule has 1 aliphatic heterocycles. The zero-order valence-electron chi connectivity index (χ0n) is 19.6. The van der Waals surface area contributed by atoms with Gasteiger partial charge < -0.3 is 30.7 Å². The number of aliphatic imine (C=N–C) groups is 1. The number of ether oxygens (including phenoxy) is 2. The third kappa shape index (κ3) is 10.7. The number of piperidine rings is 1. The molecule has 0 spiro atoms. The van der Waals surface area contributed by atoms with E-state index < -0.39 is 0 Å². The molecule has 1 aromatic rings. The molecule has 1 amide bonds. The van der Waals surface area contributed by atoms with Crippen molar-refractivity contribution in [2.75, 3.05) is 46.4 Å². The molecule has 1 fully saturated rings. The number of amides is 1. The van der Waals surface area contributed by atoms with Crippen LogP contribution in [0.2, 0.25) is 0 Å². The summed E-state index contributed by atoms with van der Waals surface area (Å²) in [5.41, 5.74) is 5.40. The van der Waals surface area contributed by atoms with Crippen molar-refractivity contribution in [1.82, 2.24) is 15.5 Å². The van der Waals surface area contributed by atoms with E-state index in [9.17, 15) is 4.79 Å². The van der Waals surface area contributed by atoms with Crippen molar-refractivity contribution in [3.8, 4) is 11.5 Å². The molecule has 182 valence electrons. The van der Waals surface area contributed by atoms with Gasteiger partial charge in [0.15, 0.2) is 5.96 Å². The highest BCUT2D eigenvalue weighted by Gasteiger charge is 2.22. The van der Waals surface area contributed by atoms with Crippen molar-refractivity contribution < 1.29 is 14.3 Å². The van der Waals surface area contributed by atoms with Crippen molar-refractivity contribution >= 4 is 35.8 Å². The number of methoxy groups -OCH3 is 1. The van der Waals surface area contributed by atoms with Gasteiger partial charge in [-0.15, -0.1) is 24.0 Å². The summed E-state index contributed by atoms with van der Waals surface area (Å²) >= 11 is 0. The van der Waals surface area contributed by atoms with E-state index in [1.807, 2.05) is 31.2 Å². The van der Waals surface area contributed by atoms with Crippen molar-refractivity contribution in [3.63, 3.8) is 0 Å². The van der Waals surface area contributed by atoms with Gasteiger partial charge in [-0.3, -0.25) is 4.79 Å². The number of guanidine groups is 1. The molecule has 1 heterocycles. The van der Waals surface area contributed by atoms with Crippen LogP contribution >= 0.6 is 24.0 Å². The van der Waals surface area contributed by atoms with E-state index in [0.29, 0.717) is 6.54 Å². The summed E-state index contributed by atoms with van der Waals surface area (Å²) in [4.78, 5) is 18.3. The number of unbranched alkanes of at least 4 members (excludes halogenated alkanes) is 1. The van der Waals surface area contributed by atoms with Crippen molar-refractivity contribution in [2.45, 2.75) is 45.6 Å². The third-order valence-electron chi connectivity index (χ3n) is 5.41. The monoisotopic (exact) mass is 561 g/mol. The summed E-state index contributed by atoms with van der Waals surface area (Å²) in [6.45, 7) is 9.30. The highest BCUT2D eigenvalue weighted by Crippen LogP contribution is 2.20. The van der Waals surface area contributed by atoms with Crippen LogP contribution in [0.5, 0.6) is 11.5 Å². The van der Waals surface area contributed by atoms with Crippen LogP contribution in [0.15, 0.2) is 29.3 Å². The van der Waals surface area contributed by atoms with Gasteiger partial charge in [0.1, 0.15) is 17.6 Å². The smallest absolute Gasteiger partial charge is 0.220 e. The number of nitrogens with two attached hydrogens (primary N) is 1. The minimum atomic E-state index is -0.151. The minimum Gasteiger partial charge on any atom is -0.497 e. The standard InChI is InChI=1S/C23H39N5O3.HI/c1-4-25-23(27-17-18(2)31-21-9-7-8-20(16-21)30-3)26-12-5-6-13-28-14-10-19(11-15-28)22(24)29;/h7-9,16,18-19H,4-6,10-15,17H2,1-3H3,(H2,24,29)(H2,25,26,27);1H. The van der Waals surface area contributed by atoms with E-state index in [1.54, 1.807) is 7.11 Å². The number of hydrogen-bond donors (Lipinski definition) is 3. The zero-order valence-corrected chi connectivity index (χ0v) is 22.0. The lowest BCUT2D eigenvalue weighted by molar-refractivity contribution is -0.123. The highest BCUT2D eigenvalue weighted by atomic mass is 127. The van der Waals surface area contributed by atoms with Gasteiger partial charge in [0.05, 0.1) is 13.7 Å². The molecule has 1 saturated heterocycles. The molecule has 32 heavy (non-hydrogen) atoms. The molecule has 0 aromatic heterocycles. The van der Waals surface area contributed by atoms with Gasteiger partial charge in [-0.1, -0.05) is 6.07 Å². The second kappa shape index (κ2) is 16.0. The number of nitrogens with zero attached hydrogens (tertiary/aromatic N) is 2. The Bertz CT molecular complexity index is 696. The number of hydrogen-bond acceptors (Lipinski definition) is 5. The fourth-order valence-electron chi connectivity index (χ4n) is 3.61. The van der Waals surface area contributed by atoms with Crippen LogP contribution in [0.3, 0.4) is 0 Å². The molecule has 1 aromatic carbocycles. The van der Waals surface area contributed by atoms with Gasteiger partial charge in [-0.25, -0.2) is 4.99 Å². The lowest BCUT2D eigenvalue weighted by Gasteiger charge is -2.30. The van der Waals surface area contributed by atoms with Crippen LogP contribution in [0.4, 0.5) is 0 Å². The largest absolute Gasteiger partial charge is 0.497 e. The minimum absolute atomic E-state index is 0. The first kappa shape index (κ1) is 28.3. The van der Waals surface area contributed by atoms with E-state index in [4.69, 9.17) is 15.2 Å². The molecule has 1 unspecified atom stereocenters. The summed E-state index contributed by atoms with van der Waals surface area (Å²) in [7, 11) is 1.65. The molecule has 1 atom stereocenters. The average molecular weight is 562 g/mol. The molecule has 0 radical (unpaired) electrons. The molecule has 2 rings (SSSR count). The van der Waals surface area contributed by atoms with E-state index >= 15 is 0 Å². The number of likely N-dealkylation sites (tertiary alicyclic amines) is 1. The van der Waals surface area contributed by atoms with Crippen LogP contribution in [0.1, 0.15) is 39.5 Å². The fraction of sp³-hybridized carbons (Fsp3) is 0.652. The maximum Gasteiger partial charge on any atom is 0.220 e. The van der Waals surface area contributed by atoms with Gasteiger partial charge >= 0.3 is 0 Å². The van der Waals surface area contributed by atoms with E-state index in [0.717, 1.165) is 75.9 Å². The lowest BCUT2D eigenvalue weighted by Crippen LogP contribution is -2.40. The Morgan fingerprint density at radius 3 is 2.62 bits per heavy atom. The summed E-state index contributed by atoms with van der Waals surface area (Å²) < 4.78 is 11.2. The van der Waals surface area contributed by atoms with Gasteiger partial charge in [0.2, 0.25) is 5.91 Å². The zero-order chi connectivity index (χ0) is 22.5. The van der Waals surface area contributed by atoms with E-state index in [-0.39, 0.29) is 41.9 Å². The summed E-state index contributed by atoms with van der Waals surface area (Å²) in [6, 6.07) is 7.60. The average Bonchev–Trinajstić information content (AvgIpc) is 2.77. The lowest BCUT2D eigenvalue weighted by atomic mass is 9.96. The van der Waals surface area contributed by atoms with Gasteiger partial charge in [-0.05, 0) is 71.3 Å². The molecule has 4 N–H and O–H groups in total. The second-order valence-corrected chi connectivity index (χ2v) is 7.98. The summed E-state index contributed by atoms with van der Waals surface area (Å²) in [5, 5.41) is 6.69. The van der Waals surface area contributed by atoms with Crippen molar-refractivity contribution in [3.05, 3.63) is 24.3 Å². The molecule has 0 bridgehead atoms. The Morgan fingerprint density at radius 1 is 1.25 bits per heavy atom. The number of primary amides is 1. The van der Waals surface area contributed by atoms with Crippen LogP contribution in [0.25, 0.3) is 0 Å². The molecular weight excluding hydrogens is 521 g/mol. The second-order valence-electron chi connectivity index (χ2n) is 7.98. The maximum absolute atomic E-state index is 11.3. The SMILES string of the molecule is CCNC(=NCC(C)Oc1cccc(OC)c1)NCCCCN1CCC(C(N)=O)CC1.I. The molecular formula is C23H40IN5O3. The predicted octanol–water partition coefficient (Wildman–Crippen LogP) is 2.61. The third-order valence-corrected chi connectivity index (χ3v) is 5.41. The number of rotatable bonds is 12. The maximum atomic E-state index is 11.3. The van der Waals surface area contributed by atoms with E-state index in [2.05, 4.69) is 27.4 Å². The van der Waals surface area contributed by atoms with Gasteiger partial charge in [-0.2, -0.15) is 0 Å². The Hall–Kier alpha value is -1.75. The Kier molecular flexibility index (Phi) is 14.1. The first-order valence-corrected chi connectivity index (χ1v) is 11.4. The topological polar surface area (TPSA) is 101 Å². The molecule has 9 heteroatoms. The first-order valence-electron chi connectivity index (χ1n) is 11.4. The Balaban J connectivity index is 0.00000512. The van der Waals surface area contributed by atoms with Crippen molar-refractivity contribution in [2.24, 2.45) is 16.6 Å². The van der Waals surface area contributed by atoms with Crippen LogP contribution in [-0.2, 0) is 4.79 Å². The van der Waals surface area contributed by atoms with Crippen LogP contribution < -0.4 is 25.8 Å². The predicted molar refractivity (Wildman–Crippen MR) is 140 cm³/mol. The summed E-state index contributed by atoms with van der Waals surface area (Å²) in [6.07, 6.45) is 3.91. The number of carbonyl (C=O) groups is 1. The number of carbonyl (C=O) groups excluding carboxylic acids is 1. The van der Waals surface area contributed by atoms with Gasteiger partial charge in [0, 0.05) is 25.1 Å². The molecule has 1 aliphatic rings. The summed E-state index contributed by atoms with van der Waals surface area (Å²) in [5.74, 6) is 2.28. The Morgan fingerprint density at radius 2 is 1.97 bits per heavy atom. The van der Waals surface area contributed by atoms with Gasteiger partial charge in [0.25, 0.3) is 0 Å². The normalized spacial score (nSPS) is 16.0. The van der Waals surface area contributed by atoms with E-state index in [1.165, 1.54) is 0 Å². The highest BCUT2D eigenvalue weighted by molar-refractivity contribution is 14.0. The fourth-order valence-corrected chi connectivity index (χ4v) is 3.61. The number of benzene rings is 1. The quantitative estimate of drug-likeness (QED) is 0.157. The number of nitrogens with one attached hydrogen (secondary N) is 2. The number of halogens is 1. The first-order chi connectivity index (χ1) is 15.0. The van der Waals surface area contributed by atoms with Crippen molar-refractivity contribution in [1.29, 1.82) is 0 Å². The molecule has 0 aliphatic carbocycles. The van der Waals surface area contributed by atoms with Crippen LogP contribution in [0, 0.1) is 5.92 Å². The molecule has 8 nitrogen and oxygen atoms in total. The Labute approximate surface area is 209 Å². The van der Waals surface area contributed by atoms with Crippen LogP contribution in [-0.4, -0.2) is 69.2 Å².